The number of hydrogen-bond donors (Lipinski definition) is 2. The highest BCUT2D eigenvalue weighted by atomic mass is 32.2. The third-order valence-corrected chi connectivity index (χ3v) is 7.67. The van der Waals surface area contributed by atoms with Crippen LogP contribution in [-0.2, 0) is 17.8 Å². The van der Waals surface area contributed by atoms with E-state index in [-0.39, 0.29) is 5.91 Å². The van der Waals surface area contributed by atoms with Gasteiger partial charge in [0.05, 0.1) is 34.5 Å². The maximum Gasteiger partial charge on any atom is 0.235 e. The van der Waals surface area contributed by atoms with Gasteiger partial charge in [0.2, 0.25) is 5.91 Å². The van der Waals surface area contributed by atoms with Gasteiger partial charge in [-0.1, -0.05) is 0 Å². The van der Waals surface area contributed by atoms with Crippen LogP contribution in [0.5, 0.6) is 5.75 Å². The molecule has 1 fully saturated rings. The highest BCUT2D eigenvalue weighted by Gasteiger charge is 2.23. The van der Waals surface area contributed by atoms with E-state index in [2.05, 4.69) is 31.6 Å². The van der Waals surface area contributed by atoms with E-state index in [9.17, 15) is 10.1 Å². The molecule has 1 amide bonds. The fourth-order valence-corrected chi connectivity index (χ4v) is 5.54. The van der Waals surface area contributed by atoms with Gasteiger partial charge in [-0.3, -0.25) is 9.78 Å². The molecule has 0 bridgehead atoms. The van der Waals surface area contributed by atoms with E-state index in [0.29, 0.717) is 29.6 Å². The lowest BCUT2D eigenvalue weighted by Gasteiger charge is -2.18. The highest BCUT2D eigenvalue weighted by molar-refractivity contribution is 8.00. The Hall–Kier alpha value is -3.19. The van der Waals surface area contributed by atoms with E-state index in [1.54, 1.807) is 13.3 Å². The molecule has 2 aliphatic heterocycles. The Morgan fingerprint density at radius 1 is 1.34 bits per heavy atom. The number of rotatable bonds is 8. The predicted molar refractivity (Wildman–Crippen MR) is 137 cm³/mol. The second-order valence-corrected chi connectivity index (χ2v) is 9.98. The van der Waals surface area contributed by atoms with E-state index in [0.717, 1.165) is 71.8 Å². The second-order valence-electron chi connectivity index (χ2n) is 8.97. The molecule has 2 aromatic heterocycles. The number of anilines is 1. The van der Waals surface area contributed by atoms with Crippen molar-refractivity contribution in [2.75, 3.05) is 44.4 Å². The van der Waals surface area contributed by atoms with Gasteiger partial charge in [-0.05, 0) is 67.7 Å². The molecule has 35 heavy (non-hydrogen) atoms. The molecule has 2 N–H and O–H groups in total. The zero-order valence-electron chi connectivity index (χ0n) is 19.7. The van der Waals surface area contributed by atoms with Crippen molar-refractivity contribution in [3.63, 3.8) is 0 Å². The molecule has 3 aromatic rings. The number of hydrogen-bond acceptors (Lipinski definition) is 8. The molecule has 0 spiro atoms. The van der Waals surface area contributed by atoms with Gasteiger partial charge in [0.25, 0.3) is 0 Å². The number of pyridine rings is 2. The van der Waals surface area contributed by atoms with Crippen LogP contribution in [0.15, 0.2) is 41.4 Å². The fourth-order valence-electron chi connectivity index (χ4n) is 4.78. The quantitative estimate of drug-likeness (QED) is 0.498. The lowest BCUT2D eigenvalue weighted by molar-refractivity contribution is -0.113. The Labute approximate surface area is 209 Å². The monoisotopic (exact) mass is 488 g/mol. The molecule has 4 heterocycles. The first-order chi connectivity index (χ1) is 17.1. The summed E-state index contributed by atoms with van der Waals surface area (Å²) in [6.07, 6.45) is 3.63. The number of methoxy groups -OCH3 is 1. The highest BCUT2D eigenvalue weighted by Crippen LogP contribution is 2.30. The van der Waals surface area contributed by atoms with Crippen LogP contribution in [0.2, 0.25) is 0 Å². The number of likely N-dealkylation sites (tertiary alicyclic amines) is 1. The molecule has 1 atom stereocenters. The summed E-state index contributed by atoms with van der Waals surface area (Å²) in [5.41, 5.74) is 3.50. The van der Waals surface area contributed by atoms with Crippen molar-refractivity contribution in [2.45, 2.75) is 24.3 Å². The summed E-state index contributed by atoms with van der Waals surface area (Å²) in [6, 6.07) is 12.2. The summed E-state index contributed by atoms with van der Waals surface area (Å²) in [7, 11) is 1.65. The Kier molecular flexibility index (Phi) is 7.13. The molecule has 2 aliphatic rings. The number of carbonyl (C=O) groups is 1. The molecular formula is C26H28N6O2S. The topological polar surface area (TPSA) is 103 Å². The van der Waals surface area contributed by atoms with Crippen molar-refractivity contribution in [2.24, 2.45) is 5.92 Å². The minimum absolute atomic E-state index is 0.00643. The number of carbonyl (C=O) groups excluding carboxylic acids is 1. The summed E-state index contributed by atoms with van der Waals surface area (Å²) in [4.78, 5) is 24.1. The zero-order valence-corrected chi connectivity index (χ0v) is 20.5. The molecule has 1 unspecified atom stereocenters. The largest absolute Gasteiger partial charge is 0.497 e. The number of ether oxygens (including phenoxy) is 1. The maximum absolute atomic E-state index is 11.6. The van der Waals surface area contributed by atoms with Crippen LogP contribution >= 0.6 is 11.8 Å². The van der Waals surface area contributed by atoms with Gasteiger partial charge in [0.15, 0.2) is 0 Å². The second kappa shape index (κ2) is 10.6. The van der Waals surface area contributed by atoms with Crippen molar-refractivity contribution in [3.05, 3.63) is 53.3 Å². The maximum atomic E-state index is 11.6. The fraction of sp³-hybridized carbons (Fsp3) is 0.385. The molecule has 1 saturated heterocycles. The number of nitriles is 1. The Balaban J connectivity index is 1.14. The van der Waals surface area contributed by atoms with Crippen LogP contribution in [-0.4, -0.2) is 59.8 Å². The molecule has 9 heteroatoms. The molecule has 0 saturated carbocycles. The molecule has 1 aromatic carbocycles. The van der Waals surface area contributed by atoms with Gasteiger partial charge in [-0.2, -0.15) is 5.26 Å². The Morgan fingerprint density at radius 3 is 3.11 bits per heavy atom. The van der Waals surface area contributed by atoms with E-state index in [4.69, 9.17) is 4.74 Å². The van der Waals surface area contributed by atoms with E-state index in [1.165, 1.54) is 11.8 Å². The van der Waals surface area contributed by atoms with Crippen molar-refractivity contribution < 1.29 is 9.53 Å². The van der Waals surface area contributed by atoms with Gasteiger partial charge in [0, 0.05) is 31.2 Å². The van der Waals surface area contributed by atoms with E-state index < -0.39 is 0 Å². The van der Waals surface area contributed by atoms with Gasteiger partial charge < -0.3 is 20.3 Å². The Morgan fingerprint density at radius 2 is 2.26 bits per heavy atom. The van der Waals surface area contributed by atoms with Crippen molar-refractivity contribution >= 4 is 34.4 Å². The Bertz CT molecular complexity index is 1290. The van der Waals surface area contributed by atoms with Gasteiger partial charge in [0.1, 0.15) is 17.6 Å². The summed E-state index contributed by atoms with van der Waals surface area (Å²) in [5, 5.41) is 17.0. The number of benzene rings is 1. The number of amides is 1. The van der Waals surface area contributed by atoms with E-state index in [1.807, 2.05) is 30.3 Å². The van der Waals surface area contributed by atoms with Crippen molar-refractivity contribution in [1.82, 2.24) is 20.2 Å². The van der Waals surface area contributed by atoms with Crippen LogP contribution in [0.4, 0.5) is 5.82 Å². The van der Waals surface area contributed by atoms with Gasteiger partial charge in [-0.15, -0.1) is 11.8 Å². The summed E-state index contributed by atoms with van der Waals surface area (Å²) in [6.45, 7) is 4.60. The summed E-state index contributed by atoms with van der Waals surface area (Å²) >= 11 is 1.53. The van der Waals surface area contributed by atoms with Crippen LogP contribution in [0.25, 0.3) is 10.9 Å². The molecular weight excluding hydrogens is 460 g/mol. The standard InChI is InChI=1S/C26H28N6O2S/c1-34-20-3-4-23-22(10-20)21(18(11-27)13-29-23)7-9-32-8-6-17(15-32)12-28-14-19-2-5-24-26(30-19)31-25(33)16-35-24/h2-5,10,13,17,28H,6-9,12,14-16H2,1H3,(H,30,31,33). The van der Waals surface area contributed by atoms with Crippen molar-refractivity contribution in [3.8, 4) is 11.8 Å². The number of thioether (sulfide) groups is 1. The average molecular weight is 489 g/mol. The molecule has 0 radical (unpaired) electrons. The molecule has 5 rings (SSSR count). The van der Waals surface area contributed by atoms with Crippen LogP contribution in [0.1, 0.15) is 23.2 Å². The SMILES string of the molecule is COc1ccc2ncc(C#N)c(CCN3CCC(CNCc4ccc5c(n4)NC(=O)CS5)C3)c2c1. The molecule has 0 aliphatic carbocycles. The minimum Gasteiger partial charge on any atom is -0.497 e. The lowest BCUT2D eigenvalue weighted by Crippen LogP contribution is -2.28. The first-order valence-corrected chi connectivity index (χ1v) is 12.8. The number of fused-ring (bicyclic) bond motifs is 2. The smallest absolute Gasteiger partial charge is 0.235 e. The third kappa shape index (κ3) is 5.40. The predicted octanol–water partition coefficient (Wildman–Crippen LogP) is 3.21. The zero-order chi connectivity index (χ0) is 24.2. The number of aromatic nitrogens is 2. The lowest BCUT2D eigenvalue weighted by atomic mass is 10.0. The van der Waals surface area contributed by atoms with Crippen LogP contribution in [0, 0.1) is 17.2 Å². The molecule has 8 nitrogen and oxygen atoms in total. The number of nitrogens with zero attached hydrogens (tertiary/aromatic N) is 4. The third-order valence-electron chi connectivity index (χ3n) is 6.63. The van der Waals surface area contributed by atoms with Gasteiger partial charge >= 0.3 is 0 Å². The molecule has 180 valence electrons. The number of nitrogens with one attached hydrogen (secondary N) is 2. The van der Waals surface area contributed by atoms with Crippen LogP contribution in [0.3, 0.4) is 0 Å². The van der Waals surface area contributed by atoms with E-state index >= 15 is 0 Å². The van der Waals surface area contributed by atoms with Crippen LogP contribution < -0.4 is 15.4 Å². The normalized spacial score (nSPS) is 17.7. The summed E-state index contributed by atoms with van der Waals surface area (Å²) in [5.74, 6) is 2.49. The van der Waals surface area contributed by atoms with Gasteiger partial charge in [-0.25, -0.2) is 4.98 Å². The average Bonchev–Trinajstić information content (AvgIpc) is 3.34. The van der Waals surface area contributed by atoms with Crippen molar-refractivity contribution in [1.29, 1.82) is 5.26 Å². The first-order valence-electron chi connectivity index (χ1n) is 11.8. The summed E-state index contributed by atoms with van der Waals surface area (Å²) < 4.78 is 5.39. The first kappa shape index (κ1) is 23.5. The minimum atomic E-state index is 0.00643.